The van der Waals surface area contributed by atoms with E-state index in [0.29, 0.717) is 11.6 Å². The van der Waals surface area contributed by atoms with Crippen LogP contribution in [0.15, 0.2) is 48.7 Å². The van der Waals surface area contributed by atoms with Gasteiger partial charge in [0.25, 0.3) is 0 Å². The summed E-state index contributed by atoms with van der Waals surface area (Å²) in [6.07, 6.45) is 1.81. The highest BCUT2D eigenvalue weighted by atomic mass is 35.5. The zero-order valence-electron chi connectivity index (χ0n) is 14.4. The number of anilines is 1. The molecule has 5 nitrogen and oxygen atoms in total. The van der Waals surface area contributed by atoms with Crippen LogP contribution in [0.3, 0.4) is 0 Å². The number of halogens is 1. The van der Waals surface area contributed by atoms with Crippen molar-refractivity contribution >= 4 is 23.3 Å². The van der Waals surface area contributed by atoms with E-state index in [-0.39, 0.29) is 11.9 Å². The van der Waals surface area contributed by atoms with Crippen LogP contribution in [0.4, 0.5) is 5.82 Å². The van der Waals surface area contributed by atoms with Gasteiger partial charge < -0.3 is 10.2 Å². The Hall–Kier alpha value is -2.11. The van der Waals surface area contributed by atoms with Crippen molar-refractivity contribution < 1.29 is 4.79 Å². The van der Waals surface area contributed by atoms with Crippen LogP contribution >= 0.6 is 11.6 Å². The molecule has 1 aromatic heterocycles. The molecule has 1 aliphatic heterocycles. The average Bonchev–Trinajstić information content (AvgIpc) is 2.63. The number of nitrogens with one attached hydrogen (secondary N) is 1. The third-order valence-corrected chi connectivity index (χ3v) is 4.81. The minimum atomic E-state index is -0.101. The molecule has 2 aromatic rings. The number of pyridine rings is 1. The molecule has 1 N–H and O–H groups in total. The van der Waals surface area contributed by atoms with Gasteiger partial charge in [-0.1, -0.05) is 35.9 Å². The Morgan fingerprint density at radius 3 is 2.56 bits per heavy atom. The van der Waals surface area contributed by atoms with Gasteiger partial charge in [-0.3, -0.25) is 9.69 Å². The fraction of sp³-hybridized carbons (Fsp3) is 0.368. The predicted octanol–water partition coefficient (Wildman–Crippen LogP) is 2.73. The number of rotatable bonds is 5. The Bertz CT molecular complexity index is 702. The van der Waals surface area contributed by atoms with Crippen molar-refractivity contribution in [3.8, 4) is 0 Å². The SMILES string of the molecule is C[C@H](NC(=O)CN1CCN(c2ccccn2)CC1)c1ccccc1Cl. The Balaban J connectivity index is 1.47. The van der Waals surface area contributed by atoms with E-state index in [2.05, 4.69) is 20.1 Å². The lowest BCUT2D eigenvalue weighted by Gasteiger charge is -2.35. The zero-order valence-corrected chi connectivity index (χ0v) is 15.1. The third-order valence-electron chi connectivity index (χ3n) is 4.46. The van der Waals surface area contributed by atoms with E-state index in [1.165, 1.54) is 0 Å². The number of carbonyl (C=O) groups is 1. The number of nitrogens with zero attached hydrogens (tertiary/aromatic N) is 3. The molecule has 3 rings (SSSR count). The molecule has 132 valence electrons. The summed E-state index contributed by atoms with van der Waals surface area (Å²) < 4.78 is 0. The first kappa shape index (κ1) is 17.7. The highest BCUT2D eigenvalue weighted by Gasteiger charge is 2.20. The van der Waals surface area contributed by atoms with E-state index in [4.69, 9.17) is 11.6 Å². The summed E-state index contributed by atoms with van der Waals surface area (Å²) in [6.45, 7) is 5.83. The largest absolute Gasteiger partial charge is 0.354 e. The molecule has 0 spiro atoms. The van der Waals surface area contributed by atoms with Gasteiger partial charge in [0.15, 0.2) is 0 Å². The van der Waals surface area contributed by atoms with Gasteiger partial charge >= 0.3 is 0 Å². The van der Waals surface area contributed by atoms with E-state index in [1.54, 1.807) is 0 Å². The lowest BCUT2D eigenvalue weighted by Crippen LogP contribution is -2.49. The molecule has 1 fully saturated rings. The molecule has 1 aromatic carbocycles. The first-order valence-corrected chi connectivity index (χ1v) is 8.93. The van der Waals surface area contributed by atoms with Crippen LogP contribution in [0.2, 0.25) is 5.02 Å². The van der Waals surface area contributed by atoms with Crippen LogP contribution < -0.4 is 10.2 Å². The molecule has 0 unspecified atom stereocenters. The van der Waals surface area contributed by atoms with Gasteiger partial charge in [0.1, 0.15) is 5.82 Å². The molecular weight excluding hydrogens is 336 g/mol. The molecule has 0 radical (unpaired) electrons. The predicted molar refractivity (Wildman–Crippen MR) is 101 cm³/mol. The lowest BCUT2D eigenvalue weighted by molar-refractivity contribution is -0.123. The molecule has 0 aliphatic carbocycles. The molecule has 1 amide bonds. The van der Waals surface area contributed by atoms with E-state index in [0.717, 1.165) is 37.6 Å². The highest BCUT2D eigenvalue weighted by molar-refractivity contribution is 6.31. The van der Waals surface area contributed by atoms with Crippen molar-refractivity contribution in [2.75, 3.05) is 37.6 Å². The van der Waals surface area contributed by atoms with Gasteiger partial charge in [0, 0.05) is 37.4 Å². The second-order valence-electron chi connectivity index (χ2n) is 6.26. The fourth-order valence-electron chi connectivity index (χ4n) is 3.07. The van der Waals surface area contributed by atoms with Crippen molar-refractivity contribution in [3.63, 3.8) is 0 Å². The Labute approximate surface area is 153 Å². The number of piperazine rings is 1. The maximum Gasteiger partial charge on any atom is 0.234 e. The van der Waals surface area contributed by atoms with Gasteiger partial charge in [-0.15, -0.1) is 0 Å². The van der Waals surface area contributed by atoms with Crippen molar-refractivity contribution in [2.45, 2.75) is 13.0 Å². The van der Waals surface area contributed by atoms with E-state index < -0.39 is 0 Å². The fourth-order valence-corrected chi connectivity index (χ4v) is 3.37. The summed E-state index contributed by atoms with van der Waals surface area (Å²) in [6, 6.07) is 13.4. The second kappa shape index (κ2) is 8.32. The normalized spacial score (nSPS) is 16.5. The van der Waals surface area contributed by atoms with Crippen molar-refractivity contribution in [2.24, 2.45) is 0 Å². The van der Waals surface area contributed by atoms with Crippen LogP contribution in [0, 0.1) is 0 Å². The summed E-state index contributed by atoms with van der Waals surface area (Å²) in [5.41, 5.74) is 0.942. The molecule has 25 heavy (non-hydrogen) atoms. The number of hydrogen-bond acceptors (Lipinski definition) is 4. The van der Waals surface area contributed by atoms with Gasteiger partial charge in [0.2, 0.25) is 5.91 Å². The molecule has 0 bridgehead atoms. The topological polar surface area (TPSA) is 48.5 Å². The smallest absolute Gasteiger partial charge is 0.234 e. The molecule has 1 atom stereocenters. The van der Waals surface area contributed by atoms with Crippen LogP contribution in [-0.2, 0) is 4.79 Å². The van der Waals surface area contributed by atoms with Gasteiger partial charge in [-0.2, -0.15) is 0 Å². The Morgan fingerprint density at radius 2 is 1.88 bits per heavy atom. The van der Waals surface area contributed by atoms with Gasteiger partial charge in [0.05, 0.1) is 12.6 Å². The summed E-state index contributed by atoms with van der Waals surface area (Å²) >= 11 is 6.20. The minimum Gasteiger partial charge on any atom is -0.354 e. The van der Waals surface area contributed by atoms with Crippen molar-refractivity contribution in [3.05, 3.63) is 59.2 Å². The first-order chi connectivity index (χ1) is 12.1. The highest BCUT2D eigenvalue weighted by Crippen LogP contribution is 2.22. The Morgan fingerprint density at radius 1 is 1.16 bits per heavy atom. The van der Waals surface area contributed by atoms with Crippen LogP contribution in [-0.4, -0.2) is 48.5 Å². The van der Waals surface area contributed by atoms with E-state index in [9.17, 15) is 4.79 Å². The third kappa shape index (κ3) is 4.71. The number of amides is 1. The second-order valence-corrected chi connectivity index (χ2v) is 6.67. The minimum absolute atomic E-state index is 0.0266. The molecule has 2 heterocycles. The van der Waals surface area contributed by atoms with Crippen molar-refractivity contribution in [1.29, 1.82) is 0 Å². The summed E-state index contributed by atoms with van der Waals surface area (Å²) in [4.78, 5) is 21.1. The van der Waals surface area contributed by atoms with Crippen molar-refractivity contribution in [1.82, 2.24) is 15.2 Å². The monoisotopic (exact) mass is 358 g/mol. The van der Waals surface area contributed by atoms with Crippen LogP contribution in [0.25, 0.3) is 0 Å². The summed E-state index contributed by atoms with van der Waals surface area (Å²) in [5, 5.41) is 3.72. The summed E-state index contributed by atoms with van der Waals surface area (Å²) in [5.74, 6) is 1.03. The number of hydrogen-bond donors (Lipinski definition) is 1. The van der Waals surface area contributed by atoms with E-state index in [1.807, 2.05) is 55.6 Å². The number of benzene rings is 1. The molecule has 0 saturated carbocycles. The lowest BCUT2D eigenvalue weighted by atomic mass is 10.1. The average molecular weight is 359 g/mol. The maximum atomic E-state index is 12.3. The standard InChI is InChI=1S/C19H23ClN4O/c1-15(16-6-2-3-7-17(16)20)22-19(25)14-23-10-12-24(13-11-23)18-8-4-5-9-21-18/h2-9,15H,10-14H2,1H3,(H,22,25)/t15-/m0/s1. The van der Waals surface area contributed by atoms with Crippen LogP contribution in [0.5, 0.6) is 0 Å². The quantitative estimate of drug-likeness (QED) is 0.892. The van der Waals surface area contributed by atoms with Gasteiger partial charge in [-0.25, -0.2) is 4.98 Å². The molecule has 6 heteroatoms. The van der Waals surface area contributed by atoms with Gasteiger partial charge in [-0.05, 0) is 30.7 Å². The molecule has 1 saturated heterocycles. The van der Waals surface area contributed by atoms with Crippen LogP contribution in [0.1, 0.15) is 18.5 Å². The molecular formula is C19H23ClN4O. The number of carbonyl (C=O) groups excluding carboxylic acids is 1. The molecule has 1 aliphatic rings. The summed E-state index contributed by atoms with van der Waals surface area (Å²) in [7, 11) is 0. The van der Waals surface area contributed by atoms with E-state index >= 15 is 0 Å². The number of aromatic nitrogens is 1. The Kier molecular flexibility index (Phi) is 5.89. The first-order valence-electron chi connectivity index (χ1n) is 8.55. The zero-order chi connectivity index (χ0) is 17.6. The maximum absolute atomic E-state index is 12.3.